The number of hydrogen-bond acceptors (Lipinski definition) is 5. The number of ether oxygens (including phenoxy) is 1. The number of alkyl halides is 3. The van der Waals surface area contributed by atoms with Gasteiger partial charge in [0.15, 0.2) is 0 Å². The number of piperidine rings is 1. The Morgan fingerprint density at radius 3 is 2.63 bits per heavy atom. The van der Waals surface area contributed by atoms with Crippen LogP contribution in [0.3, 0.4) is 0 Å². The van der Waals surface area contributed by atoms with Crippen LogP contribution in [-0.4, -0.2) is 46.3 Å². The molecule has 0 radical (unpaired) electrons. The summed E-state index contributed by atoms with van der Waals surface area (Å²) < 4.78 is 59.2. The first-order chi connectivity index (χ1) is 14.1. The molecule has 0 bridgehead atoms. The van der Waals surface area contributed by atoms with Crippen molar-refractivity contribution in [2.75, 3.05) is 25.0 Å². The van der Waals surface area contributed by atoms with E-state index < -0.39 is 29.4 Å². The SMILES string of the molecule is Cn1nccc(NCC(=O)N2CCC(Oc3cc(F)ccc3C(F)(F)F)CC2)c1=O. The number of aryl methyl sites for hydroxylation is 1. The number of halogens is 4. The summed E-state index contributed by atoms with van der Waals surface area (Å²) in [5, 5.41) is 6.56. The summed E-state index contributed by atoms with van der Waals surface area (Å²) in [6, 6.07) is 3.57. The van der Waals surface area contributed by atoms with E-state index in [4.69, 9.17) is 4.74 Å². The molecule has 1 N–H and O–H groups in total. The van der Waals surface area contributed by atoms with Gasteiger partial charge < -0.3 is 15.0 Å². The van der Waals surface area contributed by atoms with Gasteiger partial charge >= 0.3 is 6.18 Å². The van der Waals surface area contributed by atoms with Gasteiger partial charge in [0.05, 0.1) is 12.1 Å². The molecular formula is C19H20F4N4O3. The molecule has 162 valence electrons. The van der Waals surface area contributed by atoms with Crippen molar-refractivity contribution < 1.29 is 27.1 Å². The summed E-state index contributed by atoms with van der Waals surface area (Å²) in [6.45, 7) is 0.444. The van der Waals surface area contributed by atoms with Crippen LogP contribution >= 0.6 is 0 Å². The second-order valence-corrected chi connectivity index (χ2v) is 6.86. The molecule has 0 saturated carbocycles. The lowest BCUT2D eigenvalue weighted by Gasteiger charge is -2.32. The second-order valence-electron chi connectivity index (χ2n) is 6.86. The zero-order valence-electron chi connectivity index (χ0n) is 16.1. The fourth-order valence-corrected chi connectivity index (χ4v) is 3.15. The molecule has 1 aromatic heterocycles. The first kappa shape index (κ1) is 21.6. The largest absolute Gasteiger partial charge is 0.490 e. The highest BCUT2D eigenvalue weighted by atomic mass is 19.4. The Bertz CT molecular complexity index is 969. The number of amides is 1. The van der Waals surface area contributed by atoms with Gasteiger partial charge in [0, 0.05) is 45.2 Å². The smallest absolute Gasteiger partial charge is 0.419 e. The van der Waals surface area contributed by atoms with Crippen LogP contribution in [-0.2, 0) is 18.0 Å². The quantitative estimate of drug-likeness (QED) is 0.741. The molecule has 0 aliphatic carbocycles. The number of carbonyl (C=O) groups excluding carboxylic acids is 1. The Hall–Kier alpha value is -3.11. The van der Waals surface area contributed by atoms with Crippen LogP contribution in [0, 0.1) is 5.82 Å². The summed E-state index contributed by atoms with van der Waals surface area (Å²) in [7, 11) is 1.49. The Kier molecular flexibility index (Phi) is 6.28. The maximum absolute atomic E-state index is 13.4. The molecule has 30 heavy (non-hydrogen) atoms. The topological polar surface area (TPSA) is 76.5 Å². The number of hydrogen-bond donors (Lipinski definition) is 1. The Labute approximate surface area is 169 Å². The molecule has 0 atom stereocenters. The average Bonchev–Trinajstić information content (AvgIpc) is 2.68. The maximum atomic E-state index is 13.4. The second kappa shape index (κ2) is 8.72. The van der Waals surface area contributed by atoms with Crippen LogP contribution < -0.4 is 15.6 Å². The van der Waals surface area contributed by atoms with E-state index >= 15 is 0 Å². The van der Waals surface area contributed by atoms with Gasteiger partial charge in [-0.1, -0.05) is 0 Å². The summed E-state index contributed by atoms with van der Waals surface area (Å²) in [5.41, 5.74) is -1.16. The van der Waals surface area contributed by atoms with Crippen LogP contribution in [0.4, 0.5) is 23.2 Å². The van der Waals surface area contributed by atoms with Crippen LogP contribution in [0.5, 0.6) is 5.75 Å². The zero-order valence-corrected chi connectivity index (χ0v) is 16.1. The Morgan fingerprint density at radius 2 is 1.97 bits per heavy atom. The molecule has 1 fully saturated rings. The predicted octanol–water partition coefficient (Wildman–Crippen LogP) is 2.42. The van der Waals surface area contributed by atoms with E-state index in [0.717, 1.165) is 16.8 Å². The molecular weight excluding hydrogens is 408 g/mol. The predicted molar refractivity (Wildman–Crippen MR) is 99.6 cm³/mol. The molecule has 1 aliphatic heterocycles. The minimum Gasteiger partial charge on any atom is -0.490 e. The van der Waals surface area contributed by atoms with E-state index in [1.165, 1.54) is 24.2 Å². The average molecular weight is 428 g/mol. The number of nitrogens with one attached hydrogen (secondary N) is 1. The van der Waals surface area contributed by atoms with Crippen molar-refractivity contribution >= 4 is 11.6 Å². The van der Waals surface area contributed by atoms with E-state index in [1.807, 2.05) is 0 Å². The summed E-state index contributed by atoms with van der Waals surface area (Å²) in [4.78, 5) is 25.8. The van der Waals surface area contributed by atoms with Gasteiger partial charge in [-0.05, 0) is 18.2 Å². The molecule has 2 heterocycles. The zero-order chi connectivity index (χ0) is 21.9. The van der Waals surface area contributed by atoms with Gasteiger partial charge in [-0.2, -0.15) is 18.3 Å². The number of carbonyl (C=O) groups is 1. The molecule has 0 unspecified atom stereocenters. The Morgan fingerprint density at radius 1 is 1.27 bits per heavy atom. The standard InChI is InChI=1S/C19H20F4N4O3/c1-26-18(29)15(4-7-25-26)24-11-17(28)27-8-5-13(6-9-27)30-16-10-12(20)2-3-14(16)19(21,22)23/h2-4,7,10,13,24H,5-6,8-9,11H2,1H3. The maximum Gasteiger partial charge on any atom is 0.419 e. The third-order valence-corrected chi connectivity index (χ3v) is 4.77. The summed E-state index contributed by atoms with van der Waals surface area (Å²) >= 11 is 0. The molecule has 1 saturated heterocycles. The number of anilines is 1. The molecule has 1 aromatic carbocycles. The molecule has 7 nitrogen and oxygen atoms in total. The fraction of sp³-hybridized carbons (Fsp3) is 0.421. The molecule has 1 amide bonds. The van der Waals surface area contributed by atoms with Crippen molar-refractivity contribution in [2.24, 2.45) is 7.05 Å². The minimum atomic E-state index is -4.66. The molecule has 0 spiro atoms. The normalized spacial score (nSPS) is 15.2. The van der Waals surface area contributed by atoms with E-state index in [1.54, 1.807) is 0 Å². The highest BCUT2D eigenvalue weighted by Gasteiger charge is 2.35. The van der Waals surface area contributed by atoms with Crippen molar-refractivity contribution in [3.8, 4) is 5.75 Å². The van der Waals surface area contributed by atoms with Gasteiger partial charge in [0.2, 0.25) is 5.91 Å². The van der Waals surface area contributed by atoms with Crippen LogP contribution in [0.25, 0.3) is 0 Å². The lowest BCUT2D eigenvalue weighted by atomic mass is 10.1. The van der Waals surface area contributed by atoms with Crippen LogP contribution in [0.1, 0.15) is 18.4 Å². The van der Waals surface area contributed by atoms with Gasteiger partial charge in [-0.3, -0.25) is 9.59 Å². The molecule has 3 rings (SSSR count). The molecule has 1 aliphatic rings. The highest BCUT2D eigenvalue weighted by Crippen LogP contribution is 2.37. The van der Waals surface area contributed by atoms with Gasteiger partial charge in [0.1, 0.15) is 23.4 Å². The first-order valence-corrected chi connectivity index (χ1v) is 9.22. The highest BCUT2D eigenvalue weighted by molar-refractivity contribution is 5.80. The number of benzene rings is 1. The molecule has 11 heteroatoms. The van der Waals surface area contributed by atoms with E-state index in [-0.39, 0.29) is 36.8 Å². The van der Waals surface area contributed by atoms with Crippen molar-refractivity contribution in [1.82, 2.24) is 14.7 Å². The van der Waals surface area contributed by atoms with Gasteiger partial charge in [0.25, 0.3) is 5.56 Å². The third kappa shape index (κ3) is 5.08. The van der Waals surface area contributed by atoms with Crippen molar-refractivity contribution in [1.29, 1.82) is 0 Å². The van der Waals surface area contributed by atoms with Crippen molar-refractivity contribution in [2.45, 2.75) is 25.1 Å². The lowest BCUT2D eigenvalue weighted by Crippen LogP contribution is -2.44. The minimum absolute atomic E-state index is 0.104. The third-order valence-electron chi connectivity index (χ3n) is 4.77. The van der Waals surface area contributed by atoms with Crippen molar-refractivity contribution in [3.05, 3.63) is 52.2 Å². The summed E-state index contributed by atoms with van der Waals surface area (Å²) in [6.07, 6.45) is -3.20. The number of nitrogens with zero attached hydrogens (tertiary/aromatic N) is 3. The number of likely N-dealkylation sites (tertiary alicyclic amines) is 1. The van der Waals surface area contributed by atoms with E-state index in [2.05, 4.69) is 10.4 Å². The van der Waals surface area contributed by atoms with E-state index in [0.29, 0.717) is 18.9 Å². The monoisotopic (exact) mass is 428 g/mol. The lowest BCUT2D eigenvalue weighted by molar-refractivity contribution is -0.139. The van der Waals surface area contributed by atoms with E-state index in [9.17, 15) is 27.2 Å². The Balaban J connectivity index is 1.55. The first-order valence-electron chi connectivity index (χ1n) is 9.22. The van der Waals surface area contributed by atoms with Gasteiger partial charge in [-0.15, -0.1) is 0 Å². The fourth-order valence-electron chi connectivity index (χ4n) is 3.15. The number of aromatic nitrogens is 2. The van der Waals surface area contributed by atoms with Crippen LogP contribution in [0.2, 0.25) is 0 Å². The van der Waals surface area contributed by atoms with Gasteiger partial charge in [-0.25, -0.2) is 9.07 Å². The summed E-state index contributed by atoms with van der Waals surface area (Å²) in [5.74, 6) is -1.63. The molecule has 2 aromatic rings. The number of rotatable bonds is 5. The van der Waals surface area contributed by atoms with Crippen LogP contribution in [0.15, 0.2) is 35.3 Å². The van der Waals surface area contributed by atoms with Crippen molar-refractivity contribution in [3.63, 3.8) is 0 Å².